The maximum Gasteiger partial charge on any atom is 0.530 e. The molecule has 10 rings (SSSR count). The average molecular weight is 1530 g/mol. The van der Waals surface area contributed by atoms with Crippen LogP contribution in [-0.2, 0) is 56.0 Å². The van der Waals surface area contributed by atoms with Crippen LogP contribution in [0.1, 0.15) is 148 Å². The van der Waals surface area contributed by atoms with E-state index in [4.69, 9.17) is 36.6 Å². The molecule has 0 atom stereocenters. The Balaban J connectivity index is 0.0000139. The van der Waals surface area contributed by atoms with Crippen LogP contribution in [0, 0.1) is 13.8 Å². The second-order valence-electron chi connectivity index (χ2n) is 26.0. The number of benzene rings is 10. The second-order valence-corrected chi connectivity index (χ2v) is 28.1. The number of ether oxygens (including phenoxy) is 2. The molecule has 0 aliphatic carbocycles. The zero-order valence-electron chi connectivity index (χ0n) is 64.0. The van der Waals surface area contributed by atoms with E-state index in [0.29, 0.717) is 160 Å². The Morgan fingerprint density at radius 2 is 0.618 bits per heavy atom. The van der Waals surface area contributed by atoms with Crippen LogP contribution < -0.4 is 32.1 Å². The van der Waals surface area contributed by atoms with Gasteiger partial charge in [0.1, 0.15) is 40.1 Å². The Bertz CT molecular complexity index is 4660. The highest BCUT2D eigenvalue weighted by Crippen LogP contribution is 2.54. The number of carbonyl (C=O) groups is 6. The predicted molar refractivity (Wildman–Crippen MR) is 438 cm³/mol. The third-order valence-electron chi connectivity index (χ3n) is 19.4. The first kappa shape index (κ1) is 83.4. The first-order valence-corrected chi connectivity index (χ1v) is 39.9. The van der Waals surface area contributed by atoms with Crippen LogP contribution in [0.5, 0.6) is 40.2 Å². The zero-order chi connectivity index (χ0) is 77.3. The number of nitrogens with zero attached hydrogens (tertiary/aromatic N) is 4. The minimum atomic E-state index is -2.80. The number of amides is 4. The van der Waals surface area contributed by atoms with Crippen molar-refractivity contribution in [3.8, 4) is 51.4 Å². The highest BCUT2D eigenvalue weighted by molar-refractivity contribution is 7.43. The normalized spacial score (nSPS) is 11.1. The van der Waals surface area contributed by atoms with Crippen LogP contribution >= 0.6 is 17.2 Å². The lowest BCUT2D eigenvalue weighted by molar-refractivity contribution is -0.131. The van der Waals surface area contributed by atoms with E-state index < -0.39 is 35.8 Å². The van der Waals surface area contributed by atoms with Crippen LogP contribution in [0.2, 0.25) is 0 Å². The van der Waals surface area contributed by atoms with Crippen LogP contribution in [-0.4, -0.2) is 108 Å². The van der Waals surface area contributed by atoms with E-state index in [1.165, 1.54) is 0 Å². The van der Waals surface area contributed by atoms with Crippen LogP contribution in [0.25, 0.3) is 32.7 Å². The quantitative estimate of drug-likeness (QED) is 0.0202. The molecule has 0 heterocycles. The highest BCUT2D eigenvalue weighted by Gasteiger charge is 2.35. The number of carbonyl (C=O) groups excluding carboxylic acids is 6. The van der Waals surface area contributed by atoms with Crippen molar-refractivity contribution in [3.63, 3.8) is 0 Å². The van der Waals surface area contributed by atoms with E-state index in [1.807, 2.05) is 215 Å². The Morgan fingerprint density at radius 3 is 0.973 bits per heavy atom. The van der Waals surface area contributed by atoms with E-state index in [1.54, 1.807) is 80.3 Å². The van der Waals surface area contributed by atoms with Crippen LogP contribution in [0.3, 0.4) is 0 Å². The summed E-state index contributed by atoms with van der Waals surface area (Å²) >= 11 is 0. The summed E-state index contributed by atoms with van der Waals surface area (Å²) in [5.41, 5.74) is 5.08. The minimum Gasteiger partial charge on any atom is -0.423 e. The Morgan fingerprint density at radius 1 is 0.327 bits per heavy atom. The third kappa shape index (κ3) is 21.2. The summed E-state index contributed by atoms with van der Waals surface area (Å²) in [6.07, 6.45) is 1.94. The molecule has 10 aromatic rings. The Labute approximate surface area is 650 Å². The van der Waals surface area contributed by atoms with Gasteiger partial charge in [0.2, 0.25) is 23.6 Å². The minimum absolute atomic E-state index is 0. The standard InChI is InChI=1S/C89H98N4O14P2.CH4/c1-11-90(12-2)81(94)55-51-64-37-23-31-47-77(64)103-108(104-78-48-32-24-38-65(78)52-56-82(95)91(13-3)14-4)100-61-74-72(88(98)101-75-45-29-19-35-62(75)9)59-68-41-21-27-43-70(68)85(74)86-71-44-28-22-42-69(71)60-73(89(99)102-76-46-30-20-36-63(76)10)87(86)107-109(105-79-49-33-25-39-66(79)53-57-83(96)92(15-5)16-6)106-80-50-34-26-40-67(80)54-58-84(97)93(17-7)18-8;/h19-50,59-60H,11-18,51-58,61H2,1-10H3;1H4. The van der Waals surface area contributed by atoms with Crippen molar-refractivity contribution in [2.24, 2.45) is 0 Å². The molecule has 0 N–H and O–H groups in total. The molecule has 0 unspecified atom stereocenters. The molecule has 110 heavy (non-hydrogen) atoms. The van der Waals surface area contributed by atoms with Gasteiger partial charge in [0.25, 0.3) is 0 Å². The molecule has 0 fully saturated rings. The average Bonchev–Trinajstić information content (AvgIpc) is 0.730. The summed E-state index contributed by atoms with van der Waals surface area (Å²) in [4.78, 5) is 94.0. The maximum atomic E-state index is 16.0. The summed E-state index contributed by atoms with van der Waals surface area (Å²) in [6.45, 7) is 23.2. The van der Waals surface area contributed by atoms with E-state index in [2.05, 4.69) is 0 Å². The molecular weight excluding hydrogens is 1420 g/mol. The van der Waals surface area contributed by atoms with Crippen molar-refractivity contribution in [1.29, 1.82) is 0 Å². The van der Waals surface area contributed by atoms with Crippen LogP contribution in [0.15, 0.2) is 206 Å². The number of para-hydroxylation sites is 6. The fraction of sp³-hybridized carbons (Fsp3) is 0.311. The maximum absolute atomic E-state index is 16.0. The fourth-order valence-corrected chi connectivity index (χ4v) is 15.4. The third-order valence-corrected chi connectivity index (χ3v) is 21.5. The lowest BCUT2D eigenvalue weighted by Crippen LogP contribution is -2.30. The molecular formula is C90H102N4O14P2. The van der Waals surface area contributed by atoms with Gasteiger partial charge in [-0.05, 0) is 198 Å². The van der Waals surface area contributed by atoms with Gasteiger partial charge in [-0.15, -0.1) is 0 Å². The highest BCUT2D eigenvalue weighted by atomic mass is 31.2. The first-order chi connectivity index (χ1) is 53.0. The number of esters is 2. The van der Waals surface area contributed by atoms with Crippen LogP contribution in [0.4, 0.5) is 0 Å². The van der Waals surface area contributed by atoms with Crippen molar-refractivity contribution in [3.05, 3.63) is 256 Å². The summed E-state index contributed by atoms with van der Waals surface area (Å²) < 4.78 is 56.4. The topological polar surface area (TPSA) is 189 Å². The van der Waals surface area contributed by atoms with Crippen molar-refractivity contribution in [2.45, 2.75) is 135 Å². The van der Waals surface area contributed by atoms with Gasteiger partial charge in [0, 0.05) is 94.7 Å². The number of hydrogen-bond donors (Lipinski definition) is 0. The molecule has 0 aliphatic heterocycles. The van der Waals surface area contributed by atoms with Crippen molar-refractivity contribution in [2.75, 3.05) is 52.4 Å². The summed E-state index contributed by atoms with van der Waals surface area (Å²) in [7, 11) is -5.40. The van der Waals surface area contributed by atoms with Gasteiger partial charge in [-0.25, -0.2) is 9.59 Å². The van der Waals surface area contributed by atoms with Gasteiger partial charge in [-0.1, -0.05) is 165 Å². The largest absolute Gasteiger partial charge is 0.530 e. The molecule has 10 aromatic carbocycles. The molecule has 576 valence electrons. The van der Waals surface area contributed by atoms with Crippen molar-refractivity contribution < 1.29 is 65.4 Å². The molecule has 18 nitrogen and oxygen atoms in total. The van der Waals surface area contributed by atoms with Crippen molar-refractivity contribution in [1.82, 2.24) is 19.6 Å². The fourth-order valence-electron chi connectivity index (χ4n) is 13.2. The number of hydrogen-bond acceptors (Lipinski definition) is 14. The van der Waals surface area contributed by atoms with E-state index in [9.17, 15) is 19.2 Å². The molecule has 0 saturated heterocycles. The van der Waals surface area contributed by atoms with E-state index in [0.717, 1.165) is 0 Å². The molecule has 0 aliphatic rings. The van der Waals surface area contributed by atoms with Crippen molar-refractivity contribution >= 4 is 74.3 Å². The van der Waals surface area contributed by atoms with Gasteiger partial charge < -0.3 is 51.7 Å². The molecule has 0 saturated carbocycles. The van der Waals surface area contributed by atoms with E-state index in [-0.39, 0.29) is 97.8 Å². The predicted octanol–water partition coefficient (Wildman–Crippen LogP) is 20.2. The number of rotatable bonds is 38. The monoisotopic (exact) mass is 1520 g/mol. The molecule has 4 amide bonds. The first-order valence-electron chi connectivity index (χ1n) is 37.7. The number of aryl methyl sites for hydroxylation is 6. The summed E-state index contributed by atoms with van der Waals surface area (Å²) in [5.74, 6) is 0.314. The zero-order valence-corrected chi connectivity index (χ0v) is 65.8. The van der Waals surface area contributed by atoms with Gasteiger partial charge in [0.15, 0.2) is 5.75 Å². The summed E-state index contributed by atoms with van der Waals surface area (Å²) in [6, 6.07) is 62.5. The smallest absolute Gasteiger partial charge is 0.423 e. The van der Waals surface area contributed by atoms with Gasteiger partial charge in [-0.2, -0.15) is 0 Å². The Kier molecular flexibility index (Phi) is 31.3. The van der Waals surface area contributed by atoms with Gasteiger partial charge in [-0.3, -0.25) is 23.7 Å². The lowest BCUT2D eigenvalue weighted by atomic mass is 9.86. The molecule has 0 spiro atoms. The molecule has 0 aromatic heterocycles. The summed E-state index contributed by atoms with van der Waals surface area (Å²) in [5, 5.41) is 2.30. The van der Waals surface area contributed by atoms with Gasteiger partial charge >= 0.3 is 29.1 Å². The SMILES string of the molecule is C.CCN(CC)C(=O)CCc1ccccc1OP(OCc1c(C(=O)Oc2ccccc2C)cc2ccccc2c1-c1c(OP(Oc2ccccc2CCC(=O)N(CC)CC)Oc2ccccc2CCC(=O)N(CC)CC)c(C(=O)Oc2ccccc2C)cc2ccccc12)Oc1ccccc1CCC(=O)N(CC)CC. The molecule has 20 heteroatoms. The molecule has 0 radical (unpaired) electrons. The second kappa shape index (κ2) is 41.2. The Hall–Kier alpha value is -10.6. The molecule has 0 bridgehead atoms. The van der Waals surface area contributed by atoms with Gasteiger partial charge in [0.05, 0.1) is 12.2 Å². The number of fused-ring (bicyclic) bond motifs is 2. The lowest BCUT2D eigenvalue weighted by Gasteiger charge is -2.26. The van der Waals surface area contributed by atoms with E-state index >= 15 is 9.59 Å².